The summed E-state index contributed by atoms with van der Waals surface area (Å²) in [5, 5.41) is 12.7. The van der Waals surface area contributed by atoms with Crippen LogP contribution < -0.4 is 11.1 Å². The zero-order valence-electron chi connectivity index (χ0n) is 13.9. The molecule has 2 aromatic heterocycles. The van der Waals surface area contributed by atoms with Crippen LogP contribution in [0.3, 0.4) is 0 Å². The van der Waals surface area contributed by atoms with Crippen molar-refractivity contribution in [2.45, 2.75) is 45.1 Å². The van der Waals surface area contributed by atoms with E-state index in [2.05, 4.69) is 27.4 Å². The molecule has 4 bridgehead atoms. The van der Waals surface area contributed by atoms with Crippen molar-refractivity contribution in [2.75, 3.05) is 5.32 Å². The van der Waals surface area contributed by atoms with Crippen molar-refractivity contribution >= 4 is 22.6 Å². The summed E-state index contributed by atoms with van der Waals surface area (Å²) < 4.78 is 0. The van der Waals surface area contributed by atoms with E-state index in [1.165, 1.54) is 32.1 Å². The summed E-state index contributed by atoms with van der Waals surface area (Å²) >= 11 is 0. The van der Waals surface area contributed by atoms with Crippen molar-refractivity contribution in [3.63, 3.8) is 0 Å². The minimum Gasteiger partial charge on any atom is -0.379 e. The van der Waals surface area contributed by atoms with Crippen LogP contribution in [0.15, 0.2) is 12.3 Å². The first-order valence-electron chi connectivity index (χ1n) is 8.92. The SMILES string of the molecule is CC12CC3C[C@H](C1)C(Nc1c(C(N)=O)nnc4[nH]ccc14)[C@@H](C3)C2. The maximum Gasteiger partial charge on any atom is 0.271 e. The van der Waals surface area contributed by atoms with Crippen LogP contribution in [0.2, 0.25) is 0 Å². The van der Waals surface area contributed by atoms with Gasteiger partial charge >= 0.3 is 0 Å². The number of nitrogens with zero attached hydrogens (tertiary/aromatic N) is 2. The summed E-state index contributed by atoms with van der Waals surface area (Å²) in [6, 6.07) is 2.35. The highest BCUT2D eigenvalue weighted by Crippen LogP contribution is 2.60. The third-order valence-corrected chi connectivity index (χ3v) is 6.61. The van der Waals surface area contributed by atoms with Crippen LogP contribution in [0.4, 0.5) is 5.69 Å². The molecule has 126 valence electrons. The van der Waals surface area contributed by atoms with Crippen LogP contribution in [0.5, 0.6) is 0 Å². The van der Waals surface area contributed by atoms with Gasteiger partial charge in [-0.15, -0.1) is 10.2 Å². The number of hydrogen-bond donors (Lipinski definition) is 3. The monoisotopic (exact) mass is 325 g/mol. The number of hydrogen-bond acceptors (Lipinski definition) is 4. The van der Waals surface area contributed by atoms with Crippen molar-refractivity contribution in [1.82, 2.24) is 15.2 Å². The predicted octanol–water partition coefficient (Wildman–Crippen LogP) is 2.68. The Morgan fingerprint density at radius 2 is 2.04 bits per heavy atom. The largest absolute Gasteiger partial charge is 0.379 e. The van der Waals surface area contributed by atoms with Crippen LogP contribution in [0, 0.1) is 23.2 Å². The summed E-state index contributed by atoms with van der Waals surface area (Å²) in [4.78, 5) is 14.9. The van der Waals surface area contributed by atoms with Crippen LogP contribution in [-0.2, 0) is 0 Å². The van der Waals surface area contributed by atoms with Gasteiger partial charge in [-0.25, -0.2) is 0 Å². The zero-order valence-corrected chi connectivity index (χ0v) is 13.9. The van der Waals surface area contributed by atoms with Crippen molar-refractivity contribution in [3.05, 3.63) is 18.0 Å². The van der Waals surface area contributed by atoms with Crippen molar-refractivity contribution < 1.29 is 4.79 Å². The van der Waals surface area contributed by atoms with Gasteiger partial charge in [0.05, 0.1) is 5.69 Å². The van der Waals surface area contributed by atoms with E-state index < -0.39 is 5.91 Å². The smallest absolute Gasteiger partial charge is 0.271 e. The number of nitrogens with two attached hydrogens (primary N) is 1. The Balaban J connectivity index is 1.54. The molecule has 2 aromatic rings. The standard InChI is InChI=1S/C18H23N5O/c1-18-6-9-4-10(7-18)13(11(5-9)8-18)21-14-12-2-3-20-17(12)23-22-15(14)16(19)24/h2-3,9-11,13H,4-8H2,1H3,(H2,19,24)(H2,20,21,23)/t9?,10-,11+,13?,18?. The number of rotatable bonds is 3. The molecule has 0 saturated heterocycles. The first kappa shape index (κ1) is 14.3. The number of primary amides is 1. The van der Waals surface area contributed by atoms with E-state index in [0.29, 0.717) is 28.9 Å². The van der Waals surface area contributed by atoms with Gasteiger partial charge in [0.15, 0.2) is 11.3 Å². The van der Waals surface area contributed by atoms with Crippen molar-refractivity contribution in [3.8, 4) is 0 Å². The third kappa shape index (κ3) is 1.98. The van der Waals surface area contributed by atoms with Gasteiger partial charge in [-0.3, -0.25) is 4.79 Å². The maximum absolute atomic E-state index is 11.9. The van der Waals surface area contributed by atoms with E-state index in [1.807, 2.05) is 12.3 Å². The lowest BCUT2D eigenvalue weighted by Gasteiger charge is -2.59. The molecule has 4 N–H and O–H groups in total. The van der Waals surface area contributed by atoms with E-state index in [1.54, 1.807) is 0 Å². The second-order valence-corrected chi connectivity index (χ2v) is 8.48. The minimum atomic E-state index is -0.524. The fourth-order valence-electron chi connectivity index (χ4n) is 6.07. The molecule has 0 aromatic carbocycles. The fourth-order valence-corrected chi connectivity index (χ4v) is 6.07. The molecule has 2 heterocycles. The van der Waals surface area contributed by atoms with Crippen LogP contribution in [0.1, 0.15) is 49.5 Å². The Morgan fingerprint density at radius 1 is 1.29 bits per heavy atom. The molecule has 4 aliphatic carbocycles. The molecule has 4 aliphatic rings. The second kappa shape index (κ2) is 4.71. The first-order chi connectivity index (χ1) is 11.5. The number of amides is 1. The number of aromatic amines is 1. The average Bonchev–Trinajstić information content (AvgIpc) is 2.97. The minimum absolute atomic E-state index is 0.252. The number of carbonyl (C=O) groups excluding carboxylic acids is 1. The number of anilines is 1. The van der Waals surface area contributed by atoms with E-state index in [-0.39, 0.29) is 5.69 Å². The molecule has 0 radical (unpaired) electrons. The molecular formula is C18H23N5O. The summed E-state index contributed by atoms with van der Waals surface area (Å²) in [6.45, 7) is 2.46. The van der Waals surface area contributed by atoms with Gasteiger partial charge in [-0.05, 0) is 61.3 Å². The van der Waals surface area contributed by atoms with Gasteiger partial charge in [0.1, 0.15) is 0 Å². The fraction of sp³-hybridized carbons (Fsp3) is 0.611. The number of carbonyl (C=O) groups is 1. The number of nitrogens with one attached hydrogen (secondary N) is 2. The Kier molecular flexibility index (Phi) is 2.80. The molecule has 6 nitrogen and oxygen atoms in total. The molecule has 1 amide bonds. The molecule has 0 aliphatic heterocycles. The van der Waals surface area contributed by atoms with Gasteiger partial charge in [-0.1, -0.05) is 6.92 Å². The zero-order chi connectivity index (χ0) is 16.5. The van der Waals surface area contributed by atoms with Gasteiger partial charge in [-0.2, -0.15) is 0 Å². The van der Waals surface area contributed by atoms with Crippen molar-refractivity contribution in [2.24, 2.45) is 28.9 Å². The van der Waals surface area contributed by atoms with Gasteiger partial charge in [0.25, 0.3) is 5.91 Å². The average molecular weight is 325 g/mol. The Morgan fingerprint density at radius 3 is 2.71 bits per heavy atom. The summed E-state index contributed by atoms with van der Waals surface area (Å²) in [6.07, 6.45) is 8.43. The van der Waals surface area contributed by atoms with Crippen molar-refractivity contribution in [1.29, 1.82) is 0 Å². The van der Waals surface area contributed by atoms with Gasteiger partial charge in [0.2, 0.25) is 0 Å². The molecule has 24 heavy (non-hydrogen) atoms. The highest BCUT2D eigenvalue weighted by molar-refractivity contribution is 6.04. The molecule has 3 unspecified atom stereocenters. The highest BCUT2D eigenvalue weighted by atomic mass is 16.1. The second-order valence-electron chi connectivity index (χ2n) is 8.48. The number of aromatic nitrogens is 3. The van der Waals surface area contributed by atoms with E-state index in [4.69, 9.17) is 5.73 Å². The lowest BCUT2D eigenvalue weighted by atomic mass is 9.48. The molecule has 5 atom stereocenters. The van der Waals surface area contributed by atoms with Gasteiger partial charge in [0, 0.05) is 17.6 Å². The summed E-state index contributed by atoms with van der Waals surface area (Å²) in [7, 11) is 0. The molecule has 0 spiro atoms. The van der Waals surface area contributed by atoms with E-state index in [9.17, 15) is 4.79 Å². The van der Waals surface area contributed by atoms with Crippen LogP contribution in [0.25, 0.3) is 11.0 Å². The number of H-pyrrole nitrogens is 1. The summed E-state index contributed by atoms with van der Waals surface area (Å²) in [5.74, 6) is 1.74. The van der Waals surface area contributed by atoms with Crippen LogP contribution >= 0.6 is 0 Å². The summed E-state index contributed by atoms with van der Waals surface area (Å²) in [5.41, 5.74) is 7.79. The molecule has 4 fully saturated rings. The molecular weight excluding hydrogens is 302 g/mol. The lowest BCUT2D eigenvalue weighted by molar-refractivity contribution is -0.0504. The highest BCUT2D eigenvalue weighted by Gasteiger charge is 2.53. The predicted molar refractivity (Wildman–Crippen MR) is 91.5 cm³/mol. The first-order valence-corrected chi connectivity index (χ1v) is 8.92. The van der Waals surface area contributed by atoms with E-state index >= 15 is 0 Å². The van der Waals surface area contributed by atoms with Gasteiger partial charge < -0.3 is 16.0 Å². The van der Waals surface area contributed by atoms with E-state index in [0.717, 1.165) is 17.0 Å². The number of fused-ring (bicyclic) bond motifs is 1. The molecule has 4 saturated carbocycles. The Hall–Kier alpha value is -2.11. The van der Waals surface area contributed by atoms with Crippen LogP contribution in [-0.4, -0.2) is 27.1 Å². The Bertz CT molecular complexity index is 812. The lowest BCUT2D eigenvalue weighted by Crippen LogP contribution is -2.55. The maximum atomic E-state index is 11.9. The quantitative estimate of drug-likeness (QED) is 0.808. The molecule has 6 rings (SSSR count). The third-order valence-electron chi connectivity index (χ3n) is 6.61. The normalized spacial score (nSPS) is 37.0. The Labute approximate surface area is 140 Å². The molecule has 6 heteroatoms. The topological polar surface area (TPSA) is 96.7 Å².